The molecule has 25 heavy (non-hydrogen) atoms. The van der Waals surface area contributed by atoms with Gasteiger partial charge in [-0.3, -0.25) is 4.79 Å². The van der Waals surface area contributed by atoms with Crippen molar-refractivity contribution in [3.05, 3.63) is 35.1 Å². The quantitative estimate of drug-likeness (QED) is 0.843. The van der Waals surface area contributed by atoms with E-state index in [9.17, 15) is 4.79 Å². The number of carbonyl (C=O) groups is 1. The van der Waals surface area contributed by atoms with Crippen LogP contribution >= 0.6 is 0 Å². The Morgan fingerprint density at radius 1 is 1.20 bits per heavy atom. The molecular formula is C18H23N5O2. The highest BCUT2D eigenvalue weighted by atomic mass is 16.5. The van der Waals surface area contributed by atoms with Crippen LogP contribution in [0.1, 0.15) is 22.6 Å². The number of nitrogens with zero attached hydrogens (tertiary/aromatic N) is 5. The first kappa shape index (κ1) is 16.1. The van der Waals surface area contributed by atoms with Gasteiger partial charge in [-0.25, -0.2) is 9.97 Å². The van der Waals surface area contributed by atoms with Gasteiger partial charge in [0.2, 0.25) is 5.91 Å². The molecule has 0 radical (unpaired) electrons. The zero-order chi connectivity index (χ0) is 17.6. The van der Waals surface area contributed by atoms with Crippen molar-refractivity contribution in [1.29, 1.82) is 0 Å². The molecule has 132 valence electrons. The average molecular weight is 341 g/mol. The number of aromatic nitrogens is 3. The summed E-state index contributed by atoms with van der Waals surface area (Å²) >= 11 is 0. The summed E-state index contributed by atoms with van der Waals surface area (Å²) in [6.45, 7) is 9.36. The molecule has 0 aromatic carbocycles. The predicted octanol–water partition coefficient (Wildman–Crippen LogP) is 1.53. The SMILES string of the molecule is Cc1cncnc1N1CC2CN(C(=O)Cc3c(C)noc3C)CC2C1. The lowest BCUT2D eigenvalue weighted by Gasteiger charge is -2.23. The summed E-state index contributed by atoms with van der Waals surface area (Å²) in [5.41, 5.74) is 2.85. The molecule has 0 N–H and O–H groups in total. The van der Waals surface area contributed by atoms with Gasteiger partial charge in [0, 0.05) is 55.3 Å². The van der Waals surface area contributed by atoms with Gasteiger partial charge in [0.1, 0.15) is 17.9 Å². The summed E-state index contributed by atoms with van der Waals surface area (Å²) in [6.07, 6.45) is 3.85. The molecular weight excluding hydrogens is 318 g/mol. The van der Waals surface area contributed by atoms with Crippen LogP contribution in [-0.4, -0.2) is 52.1 Å². The van der Waals surface area contributed by atoms with Crippen LogP contribution in [0.25, 0.3) is 0 Å². The van der Waals surface area contributed by atoms with Gasteiger partial charge >= 0.3 is 0 Å². The number of aryl methyl sites for hydroxylation is 3. The van der Waals surface area contributed by atoms with Crippen LogP contribution in [0, 0.1) is 32.6 Å². The summed E-state index contributed by atoms with van der Waals surface area (Å²) in [4.78, 5) is 25.5. The fourth-order valence-corrected chi connectivity index (χ4v) is 4.11. The molecule has 2 aliphatic rings. The van der Waals surface area contributed by atoms with E-state index >= 15 is 0 Å². The second-order valence-corrected chi connectivity index (χ2v) is 7.23. The van der Waals surface area contributed by atoms with Crippen LogP contribution in [0.5, 0.6) is 0 Å². The topological polar surface area (TPSA) is 75.4 Å². The summed E-state index contributed by atoms with van der Waals surface area (Å²) in [5.74, 6) is 2.98. The Balaban J connectivity index is 1.39. The van der Waals surface area contributed by atoms with Crippen molar-refractivity contribution in [2.24, 2.45) is 11.8 Å². The first-order chi connectivity index (χ1) is 12.0. The minimum Gasteiger partial charge on any atom is -0.361 e. The third-order valence-electron chi connectivity index (χ3n) is 5.52. The van der Waals surface area contributed by atoms with Crippen molar-refractivity contribution in [1.82, 2.24) is 20.0 Å². The van der Waals surface area contributed by atoms with E-state index in [1.165, 1.54) is 0 Å². The number of fused-ring (bicyclic) bond motifs is 1. The Bertz CT molecular complexity index is 769. The fourth-order valence-electron chi connectivity index (χ4n) is 4.11. The van der Waals surface area contributed by atoms with E-state index < -0.39 is 0 Å². The molecule has 2 aromatic heterocycles. The van der Waals surface area contributed by atoms with E-state index in [1.807, 2.05) is 31.9 Å². The van der Waals surface area contributed by atoms with Crippen molar-refractivity contribution < 1.29 is 9.32 Å². The number of carbonyl (C=O) groups excluding carboxylic acids is 1. The van der Waals surface area contributed by atoms with E-state index in [2.05, 4.69) is 20.0 Å². The predicted molar refractivity (Wildman–Crippen MR) is 92.2 cm³/mol. The van der Waals surface area contributed by atoms with Gasteiger partial charge in [-0.1, -0.05) is 5.16 Å². The maximum Gasteiger partial charge on any atom is 0.227 e. The number of amides is 1. The molecule has 2 saturated heterocycles. The molecule has 2 unspecified atom stereocenters. The van der Waals surface area contributed by atoms with Crippen molar-refractivity contribution in [3.63, 3.8) is 0 Å². The molecule has 7 nitrogen and oxygen atoms in total. The zero-order valence-electron chi connectivity index (χ0n) is 14.9. The standard InChI is InChI=1S/C18H23N5O2/c1-11-5-19-10-20-18(11)23-8-14-6-22(7-15(14)9-23)17(24)4-16-12(2)21-25-13(16)3/h5,10,14-15H,4,6-9H2,1-3H3. The molecule has 4 heterocycles. The molecule has 2 aliphatic heterocycles. The van der Waals surface area contributed by atoms with Gasteiger partial charge in [0.05, 0.1) is 12.1 Å². The number of hydrogen-bond donors (Lipinski definition) is 0. The Morgan fingerprint density at radius 3 is 2.52 bits per heavy atom. The van der Waals surface area contributed by atoms with E-state index in [0.29, 0.717) is 18.3 Å². The Hall–Kier alpha value is -2.44. The Kier molecular flexibility index (Phi) is 3.94. The molecule has 0 bridgehead atoms. The van der Waals surface area contributed by atoms with Crippen molar-refractivity contribution in [3.8, 4) is 0 Å². The van der Waals surface area contributed by atoms with E-state index in [4.69, 9.17) is 4.52 Å². The summed E-state index contributed by atoms with van der Waals surface area (Å²) in [7, 11) is 0. The van der Waals surface area contributed by atoms with Gasteiger partial charge < -0.3 is 14.3 Å². The average Bonchev–Trinajstić information content (AvgIpc) is 3.24. The number of rotatable bonds is 3. The second-order valence-electron chi connectivity index (χ2n) is 7.23. The van der Waals surface area contributed by atoms with E-state index in [-0.39, 0.29) is 5.91 Å². The lowest BCUT2D eigenvalue weighted by Crippen LogP contribution is -2.34. The van der Waals surface area contributed by atoms with Gasteiger partial charge in [-0.2, -0.15) is 0 Å². The molecule has 2 atom stereocenters. The minimum absolute atomic E-state index is 0.175. The highest BCUT2D eigenvalue weighted by Crippen LogP contribution is 2.34. The number of likely N-dealkylation sites (tertiary alicyclic amines) is 1. The monoisotopic (exact) mass is 341 g/mol. The van der Waals surface area contributed by atoms with Crippen molar-refractivity contribution in [2.75, 3.05) is 31.1 Å². The summed E-state index contributed by atoms with van der Waals surface area (Å²) in [5, 5.41) is 3.94. The van der Waals surface area contributed by atoms with Crippen molar-refractivity contribution in [2.45, 2.75) is 27.2 Å². The van der Waals surface area contributed by atoms with Crippen LogP contribution < -0.4 is 4.90 Å². The summed E-state index contributed by atoms with van der Waals surface area (Å²) in [6, 6.07) is 0. The van der Waals surface area contributed by atoms with E-state index in [1.54, 1.807) is 6.33 Å². The van der Waals surface area contributed by atoms with Crippen LogP contribution in [0.3, 0.4) is 0 Å². The first-order valence-electron chi connectivity index (χ1n) is 8.74. The summed E-state index contributed by atoms with van der Waals surface area (Å²) < 4.78 is 5.17. The molecule has 7 heteroatoms. The minimum atomic E-state index is 0.175. The Labute approximate surface area is 147 Å². The second kappa shape index (κ2) is 6.13. The normalized spacial score (nSPS) is 22.5. The highest BCUT2D eigenvalue weighted by molar-refractivity contribution is 5.79. The van der Waals surface area contributed by atoms with Crippen LogP contribution in [0.15, 0.2) is 17.0 Å². The molecule has 2 aromatic rings. The van der Waals surface area contributed by atoms with Crippen LogP contribution in [0.2, 0.25) is 0 Å². The molecule has 0 saturated carbocycles. The first-order valence-corrected chi connectivity index (χ1v) is 8.74. The third-order valence-corrected chi connectivity index (χ3v) is 5.52. The van der Waals surface area contributed by atoms with Crippen LogP contribution in [0.4, 0.5) is 5.82 Å². The van der Waals surface area contributed by atoms with Gasteiger partial charge in [-0.05, 0) is 20.8 Å². The maximum atomic E-state index is 12.7. The molecule has 4 rings (SSSR count). The van der Waals surface area contributed by atoms with Crippen molar-refractivity contribution >= 4 is 11.7 Å². The molecule has 2 fully saturated rings. The molecule has 0 aliphatic carbocycles. The van der Waals surface area contributed by atoms with Gasteiger partial charge in [-0.15, -0.1) is 0 Å². The van der Waals surface area contributed by atoms with Gasteiger partial charge in [0.15, 0.2) is 0 Å². The largest absolute Gasteiger partial charge is 0.361 e. The number of hydrogen-bond acceptors (Lipinski definition) is 6. The lowest BCUT2D eigenvalue weighted by atomic mass is 10.0. The van der Waals surface area contributed by atoms with Gasteiger partial charge in [0.25, 0.3) is 0 Å². The Morgan fingerprint density at radius 2 is 1.92 bits per heavy atom. The highest BCUT2D eigenvalue weighted by Gasteiger charge is 2.42. The van der Waals surface area contributed by atoms with Crippen LogP contribution in [-0.2, 0) is 11.2 Å². The van der Waals surface area contributed by atoms with E-state index in [0.717, 1.165) is 54.6 Å². The molecule has 0 spiro atoms. The third kappa shape index (κ3) is 2.88. The maximum absolute atomic E-state index is 12.7. The fraction of sp³-hybridized carbons (Fsp3) is 0.556. The molecule has 1 amide bonds. The number of anilines is 1. The lowest BCUT2D eigenvalue weighted by molar-refractivity contribution is -0.129. The zero-order valence-corrected chi connectivity index (χ0v) is 14.9. The smallest absolute Gasteiger partial charge is 0.227 e.